The van der Waals surface area contributed by atoms with E-state index < -0.39 is 17.8 Å². The molecule has 8 nitrogen and oxygen atoms in total. The molecule has 0 atom stereocenters. The number of rotatable bonds is 8. The third kappa shape index (κ3) is 4.79. The van der Waals surface area contributed by atoms with Crippen molar-refractivity contribution in [2.75, 3.05) is 51.5 Å². The molecule has 3 heterocycles. The molecular weight excluding hydrogens is 416 g/mol. The average Bonchev–Trinajstić information content (AvgIpc) is 3.37. The van der Waals surface area contributed by atoms with Gasteiger partial charge in [0.15, 0.2) is 0 Å². The van der Waals surface area contributed by atoms with Crippen molar-refractivity contribution in [2.24, 2.45) is 0 Å². The zero-order valence-corrected chi connectivity index (χ0v) is 18.3. The molecular formula is C22H26N4O4S. The van der Waals surface area contributed by atoms with Crippen molar-refractivity contribution in [3.05, 3.63) is 52.2 Å². The number of morpholine rings is 1. The van der Waals surface area contributed by atoms with Gasteiger partial charge in [-0.3, -0.25) is 19.4 Å². The van der Waals surface area contributed by atoms with Gasteiger partial charge in [0.05, 0.1) is 19.9 Å². The Bertz CT molecular complexity index is 943. The van der Waals surface area contributed by atoms with Crippen molar-refractivity contribution in [1.29, 1.82) is 0 Å². The molecule has 4 amide bonds. The summed E-state index contributed by atoms with van der Waals surface area (Å²) in [6.07, 6.45) is 0.555. The van der Waals surface area contributed by atoms with Crippen LogP contribution in [-0.2, 0) is 27.3 Å². The van der Waals surface area contributed by atoms with Crippen LogP contribution in [0.4, 0.5) is 10.5 Å². The van der Waals surface area contributed by atoms with Crippen LogP contribution in [0.5, 0.6) is 0 Å². The Balaban J connectivity index is 1.39. The SMILES string of the molecule is CN(Cc1ccccc1N1CCOCC1)CN1C(=O)C(=O)N(CCc2cccs2)C1=O. The van der Waals surface area contributed by atoms with Crippen LogP contribution >= 0.6 is 11.3 Å². The number of carbonyl (C=O) groups is 3. The highest BCUT2D eigenvalue weighted by molar-refractivity contribution is 7.09. The van der Waals surface area contributed by atoms with Crippen molar-refractivity contribution >= 4 is 34.9 Å². The number of thiophene rings is 1. The topological polar surface area (TPSA) is 73.4 Å². The van der Waals surface area contributed by atoms with E-state index in [4.69, 9.17) is 4.74 Å². The number of anilines is 1. The highest BCUT2D eigenvalue weighted by Crippen LogP contribution is 2.23. The summed E-state index contributed by atoms with van der Waals surface area (Å²) in [4.78, 5) is 44.9. The van der Waals surface area contributed by atoms with Crippen LogP contribution in [0.1, 0.15) is 10.4 Å². The maximum Gasteiger partial charge on any atom is 0.335 e. The lowest BCUT2D eigenvalue weighted by atomic mass is 10.1. The smallest absolute Gasteiger partial charge is 0.335 e. The van der Waals surface area contributed by atoms with E-state index in [2.05, 4.69) is 11.0 Å². The normalized spacial score (nSPS) is 17.4. The predicted octanol–water partition coefficient (Wildman–Crippen LogP) is 2.01. The number of ether oxygens (including phenoxy) is 1. The molecule has 0 aliphatic carbocycles. The Morgan fingerprint density at radius 2 is 1.74 bits per heavy atom. The highest BCUT2D eigenvalue weighted by Gasteiger charge is 2.44. The average molecular weight is 443 g/mol. The number of nitrogens with zero attached hydrogens (tertiary/aromatic N) is 4. The predicted molar refractivity (Wildman–Crippen MR) is 118 cm³/mol. The molecule has 0 radical (unpaired) electrons. The van der Waals surface area contributed by atoms with Gasteiger partial charge in [-0.05, 0) is 30.1 Å². The first kappa shape index (κ1) is 21.5. The van der Waals surface area contributed by atoms with Gasteiger partial charge in [0, 0.05) is 43.2 Å². The van der Waals surface area contributed by atoms with Crippen LogP contribution in [-0.4, -0.2) is 79.1 Å². The lowest BCUT2D eigenvalue weighted by Crippen LogP contribution is -2.41. The van der Waals surface area contributed by atoms with Crippen LogP contribution in [0.2, 0.25) is 0 Å². The number of hydrogen-bond acceptors (Lipinski definition) is 7. The molecule has 2 aliphatic heterocycles. The largest absolute Gasteiger partial charge is 0.378 e. The summed E-state index contributed by atoms with van der Waals surface area (Å²) in [5.74, 6) is -1.51. The first-order chi connectivity index (χ1) is 15.0. The minimum absolute atomic E-state index is 0.0658. The molecule has 0 saturated carbocycles. The summed E-state index contributed by atoms with van der Waals surface area (Å²) in [6.45, 7) is 3.89. The van der Waals surface area contributed by atoms with Gasteiger partial charge in [0.25, 0.3) is 0 Å². The molecule has 2 saturated heterocycles. The number of para-hydroxylation sites is 1. The zero-order valence-electron chi connectivity index (χ0n) is 17.5. The zero-order chi connectivity index (χ0) is 21.8. The van der Waals surface area contributed by atoms with Crippen LogP contribution in [0.25, 0.3) is 0 Å². The molecule has 31 heavy (non-hydrogen) atoms. The number of benzene rings is 1. The van der Waals surface area contributed by atoms with Gasteiger partial charge in [0.1, 0.15) is 0 Å². The highest BCUT2D eigenvalue weighted by atomic mass is 32.1. The molecule has 0 N–H and O–H groups in total. The molecule has 0 bridgehead atoms. The molecule has 2 aromatic rings. The van der Waals surface area contributed by atoms with Crippen molar-refractivity contribution in [3.63, 3.8) is 0 Å². The number of imide groups is 2. The third-order valence-corrected chi connectivity index (χ3v) is 6.40. The van der Waals surface area contributed by atoms with Crippen molar-refractivity contribution < 1.29 is 19.1 Å². The molecule has 1 aromatic carbocycles. The lowest BCUT2D eigenvalue weighted by molar-refractivity contribution is -0.143. The van der Waals surface area contributed by atoms with Crippen LogP contribution in [0.3, 0.4) is 0 Å². The summed E-state index contributed by atoms with van der Waals surface area (Å²) in [6, 6.07) is 11.5. The second-order valence-corrected chi connectivity index (χ2v) is 8.72. The van der Waals surface area contributed by atoms with E-state index in [1.54, 1.807) is 11.3 Å². The summed E-state index contributed by atoms with van der Waals surface area (Å²) in [5.41, 5.74) is 2.23. The van der Waals surface area contributed by atoms with E-state index in [0.717, 1.165) is 39.0 Å². The Morgan fingerprint density at radius 3 is 2.48 bits per heavy atom. The maximum absolute atomic E-state index is 12.8. The van der Waals surface area contributed by atoms with E-state index in [1.165, 1.54) is 0 Å². The number of carbonyl (C=O) groups excluding carboxylic acids is 3. The Kier molecular flexibility index (Phi) is 6.64. The fourth-order valence-corrected chi connectivity index (χ4v) is 4.59. The van der Waals surface area contributed by atoms with Crippen molar-refractivity contribution in [2.45, 2.75) is 13.0 Å². The first-order valence-corrected chi connectivity index (χ1v) is 11.2. The second-order valence-electron chi connectivity index (χ2n) is 7.69. The minimum Gasteiger partial charge on any atom is -0.378 e. The van der Waals surface area contributed by atoms with Gasteiger partial charge in [-0.15, -0.1) is 11.3 Å². The molecule has 0 unspecified atom stereocenters. The second kappa shape index (κ2) is 9.59. The minimum atomic E-state index is -0.760. The van der Waals surface area contributed by atoms with Crippen molar-refractivity contribution in [3.8, 4) is 0 Å². The molecule has 4 rings (SSSR count). The number of hydrogen-bond donors (Lipinski definition) is 0. The summed E-state index contributed by atoms with van der Waals surface area (Å²) in [7, 11) is 1.84. The van der Waals surface area contributed by atoms with E-state index in [1.807, 2.05) is 47.7 Å². The molecule has 2 fully saturated rings. The van der Waals surface area contributed by atoms with E-state index >= 15 is 0 Å². The molecule has 1 aromatic heterocycles. The van der Waals surface area contributed by atoms with Gasteiger partial charge in [-0.2, -0.15) is 0 Å². The third-order valence-electron chi connectivity index (χ3n) is 5.46. The van der Waals surface area contributed by atoms with Gasteiger partial charge in [-0.1, -0.05) is 24.3 Å². The lowest BCUT2D eigenvalue weighted by Gasteiger charge is -2.31. The van der Waals surface area contributed by atoms with Gasteiger partial charge < -0.3 is 9.64 Å². The Morgan fingerprint density at radius 1 is 1.00 bits per heavy atom. The Labute approximate surface area is 185 Å². The molecule has 9 heteroatoms. The van der Waals surface area contributed by atoms with Crippen LogP contribution in [0.15, 0.2) is 41.8 Å². The quantitative estimate of drug-likeness (QED) is 0.460. The molecule has 0 spiro atoms. The summed E-state index contributed by atoms with van der Waals surface area (Å²) < 4.78 is 5.45. The number of urea groups is 1. The standard InChI is InChI=1S/C22H26N4O4S/c1-23(15-17-5-2-3-7-19(17)24-10-12-30-13-11-24)16-26-21(28)20(27)25(22(26)29)9-8-18-6-4-14-31-18/h2-7,14H,8-13,15-16H2,1H3. The van der Waals surface area contributed by atoms with Gasteiger partial charge in [0.2, 0.25) is 0 Å². The molecule has 164 valence electrons. The van der Waals surface area contributed by atoms with Gasteiger partial charge in [-0.25, -0.2) is 9.69 Å². The van der Waals surface area contributed by atoms with Crippen molar-refractivity contribution in [1.82, 2.24) is 14.7 Å². The van der Waals surface area contributed by atoms with E-state index in [-0.39, 0.29) is 13.2 Å². The summed E-state index contributed by atoms with van der Waals surface area (Å²) in [5, 5.41) is 1.95. The molecule has 2 aliphatic rings. The first-order valence-electron chi connectivity index (χ1n) is 10.3. The number of amides is 4. The van der Waals surface area contributed by atoms with Crippen LogP contribution in [0, 0.1) is 0 Å². The fourth-order valence-electron chi connectivity index (χ4n) is 3.89. The maximum atomic E-state index is 12.8. The monoisotopic (exact) mass is 442 g/mol. The van der Waals surface area contributed by atoms with Crippen LogP contribution < -0.4 is 4.90 Å². The fraction of sp³-hybridized carbons (Fsp3) is 0.409. The van der Waals surface area contributed by atoms with Gasteiger partial charge >= 0.3 is 17.8 Å². The Hall–Kier alpha value is -2.75. The van der Waals surface area contributed by atoms with E-state index in [9.17, 15) is 14.4 Å². The summed E-state index contributed by atoms with van der Waals surface area (Å²) >= 11 is 1.57. The van der Waals surface area contributed by atoms with E-state index in [0.29, 0.717) is 26.2 Å².